The van der Waals surface area contributed by atoms with Gasteiger partial charge in [-0.05, 0) is 37.6 Å². The molecule has 0 unspecified atom stereocenters. The van der Waals surface area contributed by atoms with E-state index in [1.165, 1.54) is 31.4 Å². The van der Waals surface area contributed by atoms with Crippen molar-refractivity contribution in [3.63, 3.8) is 0 Å². The number of nitrogens with one attached hydrogen (secondary N) is 2. The molecule has 2 amide bonds. The number of benzene rings is 1. The van der Waals surface area contributed by atoms with Crippen LogP contribution in [-0.2, 0) is 14.3 Å². The molecule has 27 heavy (non-hydrogen) atoms. The summed E-state index contributed by atoms with van der Waals surface area (Å²) >= 11 is 7.28. The Hall–Kier alpha value is -2.58. The summed E-state index contributed by atoms with van der Waals surface area (Å²) in [6, 6.07) is 4.76. The first-order valence-corrected chi connectivity index (χ1v) is 9.10. The third kappa shape index (κ3) is 5.21. The molecule has 1 heterocycles. The second kappa shape index (κ2) is 8.88. The van der Waals surface area contributed by atoms with Crippen molar-refractivity contribution >= 4 is 51.4 Å². The number of thiophene rings is 1. The third-order valence-electron chi connectivity index (χ3n) is 3.65. The summed E-state index contributed by atoms with van der Waals surface area (Å²) < 4.78 is 10.1. The Bertz CT molecular complexity index is 894. The Morgan fingerprint density at radius 2 is 1.89 bits per heavy atom. The number of aryl methyl sites for hydroxylation is 1. The number of anilines is 2. The van der Waals surface area contributed by atoms with E-state index in [0.29, 0.717) is 27.0 Å². The first-order chi connectivity index (χ1) is 12.7. The van der Waals surface area contributed by atoms with Gasteiger partial charge in [-0.25, -0.2) is 4.79 Å². The summed E-state index contributed by atoms with van der Waals surface area (Å²) in [5, 5.41) is 5.95. The Kier molecular flexibility index (Phi) is 6.81. The number of hydrogen-bond acceptors (Lipinski definition) is 6. The maximum absolute atomic E-state index is 12.4. The monoisotopic (exact) mass is 410 g/mol. The molecule has 2 N–H and O–H groups in total. The zero-order valence-electron chi connectivity index (χ0n) is 15.3. The highest BCUT2D eigenvalue weighted by atomic mass is 35.5. The van der Waals surface area contributed by atoms with Crippen LogP contribution in [0.15, 0.2) is 18.2 Å². The first kappa shape index (κ1) is 20.7. The molecule has 0 radical (unpaired) electrons. The van der Waals surface area contributed by atoms with Gasteiger partial charge in [0.25, 0.3) is 5.91 Å². The van der Waals surface area contributed by atoms with Gasteiger partial charge in [-0.3, -0.25) is 9.59 Å². The average molecular weight is 411 g/mol. The van der Waals surface area contributed by atoms with Crippen molar-refractivity contribution in [1.29, 1.82) is 0 Å². The van der Waals surface area contributed by atoms with Crippen LogP contribution in [0.25, 0.3) is 0 Å². The van der Waals surface area contributed by atoms with Gasteiger partial charge in [0.1, 0.15) is 10.8 Å². The summed E-state index contributed by atoms with van der Waals surface area (Å²) in [5.41, 5.74) is 1.41. The minimum Gasteiger partial charge on any atom is -0.495 e. The molecule has 1 aromatic carbocycles. The van der Waals surface area contributed by atoms with E-state index in [0.717, 1.165) is 4.88 Å². The standard InChI is InChI=1S/C18H19ClN2O5S/c1-9-10(2)27-17(20-11(3)22)16(9)18(24)26-8-15(23)21-12-5-6-14(25-4)13(19)7-12/h5-7H,8H2,1-4H3,(H,20,22)(H,21,23). The number of amides is 2. The molecule has 2 rings (SSSR count). The molecule has 0 aliphatic carbocycles. The molecule has 7 nitrogen and oxygen atoms in total. The molecule has 0 saturated heterocycles. The van der Waals surface area contributed by atoms with E-state index in [9.17, 15) is 14.4 Å². The number of rotatable bonds is 6. The Morgan fingerprint density at radius 3 is 2.48 bits per heavy atom. The van der Waals surface area contributed by atoms with Crippen molar-refractivity contribution in [1.82, 2.24) is 0 Å². The second-order valence-electron chi connectivity index (χ2n) is 5.64. The van der Waals surface area contributed by atoms with Crippen molar-refractivity contribution < 1.29 is 23.9 Å². The number of ether oxygens (including phenoxy) is 2. The Labute approximate surface area is 165 Å². The van der Waals surface area contributed by atoms with Gasteiger partial charge in [-0.1, -0.05) is 11.6 Å². The van der Waals surface area contributed by atoms with Crippen LogP contribution in [0, 0.1) is 13.8 Å². The zero-order chi connectivity index (χ0) is 20.1. The molecule has 0 spiro atoms. The highest BCUT2D eigenvalue weighted by Crippen LogP contribution is 2.33. The van der Waals surface area contributed by atoms with Gasteiger partial charge in [0.15, 0.2) is 6.61 Å². The fourth-order valence-electron chi connectivity index (χ4n) is 2.27. The van der Waals surface area contributed by atoms with Gasteiger partial charge in [-0.15, -0.1) is 11.3 Å². The zero-order valence-corrected chi connectivity index (χ0v) is 16.8. The van der Waals surface area contributed by atoms with Crippen molar-refractivity contribution in [2.45, 2.75) is 20.8 Å². The molecular formula is C18H19ClN2O5S. The topological polar surface area (TPSA) is 93.7 Å². The van der Waals surface area contributed by atoms with Crippen LogP contribution < -0.4 is 15.4 Å². The van der Waals surface area contributed by atoms with E-state index in [4.69, 9.17) is 21.1 Å². The molecular weight excluding hydrogens is 392 g/mol. The highest BCUT2D eigenvalue weighted by molar-refractivity contribution is 7.16. The lowest BCUT2D eigenvalue weighted by Crippen LogP contribution is -2.21. The van der Waals surface area contributed by atoms with E-state index in [2.05, 4.69) is 10.6 Å². The van der Waals surface area contributed by atoms with Crippen molar-refractivity contribution in [3.8, 4) is 5.75 Å². The molecule has 0 aliphatic heterocycles. The fraction of sp³-hybridized carbons (Fsp3) is 0.278. The molecule has 144 valence electrons. The predicted octanol–water partition coefficient (Wildman–Crippen LogP) is 3.78. The SMILES string of the molecule is COc1ccc(NC(=O)COC(=O)c2c(NC(C)=O)sc(C)c2C)cc1Cl. The highest BCUT2D eigenvalue weighted by Gasteiger charge is 2.22. The normalized spacial score (nSPS) is 10.3. The lowest BCUT2D eigenvalue weighted by molar-refractivity contribution is -0.119. The molecule has 0 aliphatic rings. The van der Waals surface area contributed by atoms with Crippen LogP contribution in [0.1, 0.15) is 27.7 Å². The quantitative estimate of drug-likeness (QED) is 0.707. The maximum atomic E-state index is 12.4. The minimum atomic E-state index is -0.677. The van der Waals surface area contributed by atoms with Crippen LogP contribution in [-0.4, -0.2) is 31.5 Å². The number of halogens is 1. The Morgan fingerprint density at radius 1 is 1.19 bits per heavy atom. The first-order valence-electron chi connectivity index (χ1n) is 7.91. The fourth-order valence-corrected chi connectivity index (χ4v) is 3.62. The lowest BCUT2D eigenvalue weighted by atomic mass is 10.1. The largest absolute Gasteiger partial charge is 0.495 e. The number of carbonyl (C=O) groups excluding carboxylic acids is 3. The van der Waals surface area contributed by atoms with Crippen molar-refractivity contribution in [2.75, 3.05) is 24.4 Å². The lowest BCUT2D eigenvalue weighted by Gasteiger charge is -2.09. The van der Waals surface area contributed by atoms with Crippen LogP contribution in [0.2, 0.25) is 5.02 Å². The smallest absolute Gasteiger partial charge is 0.341 e. The summed E-state index contributed by atoms with van der Waals surface area (Å²) in [6.07, 6.45) is 0. The number of esters is 1. The number of methoxy groups -OCH3 is 1. The maximum Gasteiger partial charge on any atom is 0.341 e. The van der Waals surface area contributed by atoms with Crippen LogP contribution in [0.5, 0.6) is 5.75 Å². The second-order valence-corrected chi connectivity index (χ2v) is 7.27. The number of carbonyl (C=O) groups is 3. The third-order valence-corrected chi connectivity index (χ3v) is 5.07. The van der Waals surface area contributed by atoms with Gasteiger partial charge in [0, 0.05) is 17.5 Å². The average Bonchev–Trinajstić information content (AvgIpc) is 2.86. The molecule has 2 aromatic rings. The van der Waals surface area contributed by atoms with Gasteiger partial charge in [0.05, 0.1) is 17.7 Å². The molecule has 0 saturated carbocycles. The predicted molar refractivity (Wildman–Crippen MR) is 105 cm³/mol. The molecule has 0 bridgehead atoms. The van der Waals surface area contributed by atoms with E-state index in [-0.39, 0.29) is 11.5 Å². The van der Waals surface area contributed by atoms with E-state index in [1.807, 2.05) is 6.92 Å². The van der Waals surface area contributed by atoms with Crippen LogP contribution in [0.3, 0.4) is 0 Å². The summed E-state index contributed by atoms with van der Waals surface area (Å²) in [6.45, 7) is 4.47. The summed E-state index contributed by atoms with van der Waals surface area (Å²) in [4.78, 5) is 36.6. The van der Waals surface area contributed by atoms with Gasteiger partial charge < -0.3 is 20.1 Å². The molecule has 9 heteroatoms. The van der Waals surface area contributed by atoms with Crippen molar-refractivity contribution in [2.24, 2.45) is 0 Å². The number of hydrogen-bond donors (Lipinski definition) is 2. The van der Waals surface area contributed by atoms with Gasteiger partial charge in [-0.2, -0.15) is 0 Å². The van der Waals surface area contributed by atoms with E-state index in [1.54, 1.807) is 19.1 Å². The van der Waals surface area contributed by atoms with Gasteiger partial charge >= 0.3 is 5.97 Å². The van der Waals surface area contributed by atoms with Crippen LogP contribution >= 0.6 is 22.9 Å². The molecule has 0 fully saturated rings. The minimum absolute atomic E-state index is 0.257. The molecule has 1 aromatic heterocycles. The van der Waals surface area contributed by atoms with Gasteiger partial charge in [0.2, 0.25) is 5.91 Å². The Balaban J connectivity index is 2.02. The molecule has 0 atom stereocenters. The summed E-state index contributed by atoms with van der Waals surface area (Å²) in [7, 11) is 1.49. The van der Waals surface area contributed by atoms with Crippen molar-refractivity contribution in [3.05, 3.63) is 39.2 Å². The van der Waals surface area contributed by atoms with Crippen LogP contribution in [0.4, 0.5) is 10.7 Å². The van der Waals surface area contributed by atoms with E-state index >= 15 is 0 Å². The van der Waals surface area contributed by atoms with E-state index < -0.39 is 18.5 Å². The summed E-state index contributed by atoms with van der Waals surface area (Å²) in [5.74, 6) is -1.01.